The van der Waals surface area contributed by atoms with Crippen molar-refractivity contribution in [3.63, 3.8) is 0 Å². The first-order chi connectivity index (χ1) is 12.0. The van der Waals surface area contributed by atoms with Crippen LogP contribution in [-0.4, -0.2) is 20.8 Å². The second kappa shape index (κ2) is 7.12. The number of aromatic nitrogens is 3. The van der Waals surface area contributed by atoms with Crippen LogP contribution in [0.15, 0.2) is 54.9 Å². The summed E-state index contributed by atoms with van der Waals surface area (Å²) in [5, 5.41) is 9.79. The van der Waals surface area contributed by atoms with Gasteiger partial charge in [-0.3, -0.25) is 9.67 Å². The van der Waals surface area contributed by atoms with Crippen LogP contribution in [-0.2, 0) is 7.05 Å². The number of urea groups is 1. The van der Waals surface area contributed by atoms with Crippen molar-refractivity contribution in [1.82, 2.24) is 20.1 Å². The number of benzene rings is 1. The van der Waals surface area contributed by atoms with E-state index in [2.05, 4.69) is 20.7 Å². The minimum atomic E-state index is -0.575. The molecule has 6 nitrogen and oxygen atoms in total. The van der Waals surface area contributed by atoms with Gasteiger partial charge >= 0.3 is 6.03 Å². The third kappa shape index (κ3) is 4.00. The number of carbonyl (C=O) groups excluding carboxylic acids is 1. The topological polar surface area (TPSA) is 71.8 Å². The van der Waals surface area contributed by atoms with Gasteiger partial charge < -0.3 is 10.6 Å². The summed E-state index contributed by atoms with van der Waals surface area (Å²) in [4.78, 5) is 16.7. The minimum absolute atomic E-state index is 0.372. The van der Waals surface area contributed by atoms with E-state index in [9.17, 15) is 9.18 Å². The maximum absolute atomic E-state index is 13.6. The van der Waals surface area contributed by atoms with E-state index in [1.54, 1.807) is 55.3 Å². The Morgan fingerprint density at radius 2 is 2.08 bits per heavy atom. The summed E-state index contributed by atoms with van der Waals surface area (Å²) < 4.78 is 15.2. The van der Waals surface area contributed by atoms with Gasteiger partial charge in [0.1, 0.15) is 5.82 Å². The summed E-state index contributed by atoms with van der Waals surface area (Å²) in [6, 6.07) is 10.5. The summed E-state index contributed by atoms with van der Waals surface area (Å²) in [6.07, 6.45) is 3.35. The Kier molecular flexibility index (Phi) is 4.74. The minimum Gasteiger partial charge on any atom is -0.325 e. The normalized spacial score (nSPS) is 11.8. The molecule has 1 atom stereocenters. The second-order valence-corrected chi connectivity index (χ2v) is 5.64. The molecule has 0 saturated carbocycles. The van der Waals surface area contributed by atoms with E-state index in [0.717, 1.165) is 0 Å². The first-order valence-electron chi connectivity index (χ1n) is 7.77. The van der Waals surface area contributed by atoms with Crippen molar-refractivity contribution in [3.05, 3.63) is 77.6 Å². The molecule has 0 spiro atoms. The molecule has 0 saturated heterocycles. The predicted octanol–water partition coefficient (Wildman–Crippen LogP) is 3.17. The molecule has 2 heterocycles. The SMILES string of the molecule is Cc1nn(C)cc1NC(=O)NC(c1cccc(F)c1)c1ccccn1. The van der Waals surface area contributed by atoms with Gasteiger partial charge in [-0.05, 0) is 36.8 Å². The number of halogens is 1. The Morgan fingerprint density at radius 1 is 1.24 bits per heavy atom. The number of nitrogens with one attached hydrogen (secondary N) is 2. The maximum Gasteiger partial charge on any atom is 0.320 e. The highest BCUT2D eigenvalue weighted by molar-refractivity contribution is 5.90. The number of rotatable bonds is 4. The number of carbonyl (C=O) groups is 1. The summed E-state index contributed by atoms with van der Waals surface area (Å²) in [7, 11) is 1.78. The third-order valence-corrected chi connectivity index (χ3v) is 3.70. The number of nitrogens with zero attached hydrogens (tertiary/aromatic N) is 3. The Bertz CT molecular complexity index is 878. The van der Waals surface area contributed by atoms with Crippen LogP contribution in [0.5, 0.6) is 0 Å². The molecule has 2 aromatic heterocycles. The molecule has 7 heteroatoms. The summed E-state index contributed by atoms with van der Waals surface area (Å²) in [5.74, 6) is -0.372. The molecule has 0 radical (unpaired) electrons. The Morgan fingerprint density at radius 3 is 2.72 bits per heavy atom. The molecule has 0 aliphatic rings. The molecule has 25 heavy (non-hydrogen) atoms. The number of aryl methyl sites for hydroxylation is 2. The van der Waals surface area contributed by atoms with Crippen LogP contribution in [0, 0.1) is 12.7 Å². The molecule has 2 N–H and O–H groups in total. The fraction of sp³-hybridized carbons (Fsp3) is 0.167. The summed E-state index contributed by atoms with van der Waals surface area (Å²) in [5.41, 5.74) is 2.54. The highest BCUT2D eigenvalue weighted by atomic mass is 19.1. The standard InChI is InChI=1S/C18H18FN5O/c1-12-16(11-24(2)23-12)21-18(25)22-17(15-8-3-4-9-20-15)13-6-5-7-14(19)10-13/h3-11,17H,1-2H3,(H2,21,22,25). The lowest BCUT2D eigenvalue weighted by Crippen LogP contribution is -2.33. The molecular formula is C18H18FN5O. The molecule has 3 aromatic rings. The van der Waals surface area contributed by atoms with Crippen molar-refractivity contribution in [2.45, 2.75) is 13.0 Å². The molecule has 1 unspecified atom stereocenters. The fourth-order valence-corrected chi connectivity index (χ4v) is 2.57. The van der Waals surface area contributed by atoms with Crippen LogP contribution >= 0.6 is 0 Å². The highest BCUT2D eigenvalue weighted by Crippen LogP contribution is 2.21. The van der Waals surface area contributed by atoms with E-state index < -0.39 is 12.1 Å². The van der Waals surface area contributed by atoms with Crippen LogP contribution in [0.3, 0.4) is 0 Å². The zero-order valence-corrected chi connectivity index (χ0v) is 13.9. The van der Waals surface area contributed by atoms with Crippen molar-refractivity contribution in [1.29, 1.82) is 0 Å². The smallest absolute Gasteiger partial charge is 0.320 e. The van der Waals surface area contributed by atoms with Gasteiger partial charge in [0.15, 0.2) is 0 Å². The van der Waals surface area contributed by atoms with Gasteiger partial charge in [-0.1, -0.05) is 18.2 Å². The van der Waals surface area contributed by atoms with E-state index in [-0.39, 0.29) is 5.82 Å². The van der Waals surface area contributed by atoms with Gasteiger partial charge in [-0.2, -0.15) is 5.10 Å². The molecule has 0 aliphatic heterocycles. The van der Waals surface area contributed by atoms with Gasteiger partial charge in [-0.15, -0.1) is 0 Å². The lowest BCUT2D eigenvalue weighted by molar-refractivity contribution is 0.250. The number of hydrogen-bond acceptors (Lipinski definition) is 3. The molecule has 0 bridgehead atoms. The van der Waals surface area contributed by atoms with E-state index in [4.69, 9.17) is 0 Å². The zero-order chi connectivity index (χ0) is 17.8. The van der Waals surface area contributed by atoms with E-state index >= 15 is 0 Å². The summed E-state index contributed by atoms with van der Waals surface area (Å²) in [6.45, 7) is 1.80. The van der Waals surface area contributed by atoms with Gasteiger partial charge in [0.2, 0.25) is 0 Å². The molecule has 3 rings (SSSR count). The third-order valence-electron chi connectivity index (χ3n) is 3.70. The van der Waals surface area contributed by atoms with Crippen LogP contribution in [0.1, 0.15) is 23.0 Å². The molecule has 2 amide bonds. The van der Waals surface area contributed by atoms with Gasteiger partial charge in [0, 0.05) is 19.4 Å². The van der Waals surface area contributed by atoms with Crippen LogP contribution in [0.2, 0.25) is 0 Å². The predicted molar refractivity (Wildman–Crippen MR) is 92.6 cm³/mol. The van der Waals surface area contributed by atoms with E-state index in [1.165, 1.54) is 12.1 Å². The Balaban J connectivity index is 1.85. The fourth-order valence-electron chi connectivity index (χ4n) is 2.57. The van der Waals surface area contributed by atoms with Gasteiger partial charge in [0.25, 0.3) is 0 Å². The quantitative estimate of drug-likeness (QED) is 0.767. The lowest BCUT2D eigenvalue weighted by Gasteiger charge is -2.19. The average molecular weight is 339 g/mol. The highest BCUT2D eigenvalue weighted by Gasteiger charge is 2.19. The van der Waals surface area contributed by atoms with Crippen molar-refractivity contribution in [2.75, 3.05) is 5.32 Å². The Labute approximate surface area is 144 Å². The summed E-state index contributed by atoms with van der Waals surface area (Å²) >= 11 is 0. The molecular weight excluding hydrogens is 321 g/mol. The first-order valence-corrected chi connectivity index (χ1v) is 7.77. The van der Waals surface area contributed by atoms with Crippen molar-refractivity contribution in [3.8, 4) is 0 Å². The van der Waals surface area contributed by atoms with E-state index in [0.29, 0.717) is 22.6 Å². The number of anilines is 1. The monoisotopic (exact) mass is 339 g/mol. The molecule has 0 fully saturated rings. The Hall–Kier alpha value is -3.22. The molecule has 0 aliphatic carbocycles. The average Bonchev–Trinajstić information content (AvgIpc) is 2.90. The lowest BCUT2D eigenvalue weighted by atomic mass is 10.0. The van der Waals surface area contributed by atoms with Crippen LogP contribution in [0.4, 0.5) is 14.9 Å². The second-order valence-electron chi connectivity index (χ2n) is 5.64. The van der Waals surface area contributed by atoms with Crippen LogP contribution in [0.25, 0.3) is 0 Å². The van der Waals surface area contributed by atoms with Crippen LogP contribution < -0.4 is 10.6 Å². The van der Waals surface area contributed by atoms with Gasteiger partial charge in [-0.25, -0.2) is 9.18 Å². The molecule has 1 aromatic carbocycles. The first kappa shape index (κ1) is 16.6. The number of amides is 2. The number of pyridine rings is 1. The maximum atomic E-state index is 13.6. The van der Waals surface area contributed by atoms with E-state index in [1.807, 2.05) is 6.07 Å². The zero-order valence-electron chi connectivity index (χ0n) is 13.9. The molecule has 128 valence electrons. The van der Waals surface area contributed by atoms with Crippen molar-refractivity contribution < 1.29 is 9.18 Å². The van der Waals surface area contributed by atoms with Crippen molar-refractivity contribution in [2.24, 2.45) is 7.05 Å². The largest absolute Gasteiger partial charge is 0.325 e. The number of hydrogen-bond donors (Lipinski definition) is 2. The van der Waals surface area contributed by atoms with Crippen molar-refractivity contribution >= 4 is 11.7 Å². The van der Waals surface area contributed by atoms with Gasteiger partial charge in [0.05, 0.1) is 23.1 Å².